The number of hydrogen-bond donors (Lipinski definition) is 3. The van der Waals surface area contributed by atoms with Crippen molar-refractivity contribution in [3.8, 4) is 0 Å². The normalized spacial score (nSPS) is 15.6. The van der Waals surface area contributed by atoms with Crippen molar-refractivity contribution in [2.45, 2.75) is 43.4 Å². The number of aliphatic hydroxyl groups is 1. The first-order valence-electron chi connectivity index (χ1n) is 13.1. The number of aliphatic hydroxyl groups excluding tert-OH is 1. The summed E-state index contributed by atoms with van der Waals surface area (Å²) in [6, 6.07) is 15.8. The second kappa shape index (κ2) is 13.7. The third-order valence-electron chi connectivity index (χ3n) is 6.72. The topological polar surface area (TPSA) is 98.7 Å². The van der Waals surface area contributed by atoms with E-state index in [1.54, 1.807) is 0 Å². The minimum absolute atomic E-state index is 0.0202. The first-order valence-corrected chi connectivity index (χ1v) is 15.7. The van der Waals surface area contributed by atoms with Crippen LogP contribution < -0.4 is 10.6 Å². The zero-order valence-corrected chi connectivity index (χ0v) is 23.8. The van der Waals surface area contributed by atoms with E-state index in [1.165, 1.54) is 45.9 Å². The van der Waals surface area contributed by atoms with E-state index < -0.39 is 39.7 Å². The number of nitrogens with zero attached hydrogens (tertiary/aromatic N) is 1. The highest BCUT2D eigenvalue weighted by molar-refractivity contribution is 8.00. The number of amides is 1. The van der Waals surface area contributed by atoms with E-state index in [4.69, 9.17) is 0 Å². The van der Waals surface area contributed by atoms with Gasteiger partial charge in [-0.25, -0.2) is 17.2 Å². The van der Waals surface area contributed by atoms with Crippen LogP contribution in [-0.2, 0) is 29.4 Å². The van der Waals surface area contributed by atoms with E-state index in [0.29, 0.717) is 19.0 Å². The zero-order chi connectivity index (χ0) is 28.7. The maximum atomic E-state index is 13.8. The molecule has 0 aromatic heterocycles. The van der Waals surface area contributed by atoms with Gasteiger partial charge in [0.15, 0.2) is 0 Å². The molecule has 0 radical (unpaired) electrons. The largest absolute Gasteiger partial charge is 0.390 e. The van der Waals surface area contributed by atoms with Crippen molar-refractivity contribution < 1.29 is 27.1 Å². The molecule has 1 amide bonds. The molecule has 1 aliphatic heterocycles. The van der Waals surface area contributed by atoms with Crippen molar-refractivity contribution in [2.24, 2.45) is 0 Å². The molecule has 0 aliphatic carbocycles. The summed E-state index contributed by atoms with van der Waals surface area (Å²) in [4.78, 5) is 13.2. The first-order chi connectivity index (χ1) is 19.2. The van der Waals surface area contributed by atoms with Gasteiger partial charge in [-0.15, -0.1) is 11.8 Å². The fraction of sp³-hybridized carbons (Fsp3) is 0.345. The molecule has 40 heavy (non-hydrogen) atoms. The van der Waals surface area contributed by atoms with E-state index in [2.05, 4.69) is 23.6 Å². The van der Waals surface area contributed by atoms with Crippen LogP contribution in [0.15, 0.2) is 71.6 Å². The van der Waals surface area contributed by atoms with Gasteiger partial charge >= 0.3 is 0 Å². The molecule has 0 bridgehead atoms. The van der Waals surface area contributed by atoms with E-state index in [0.717, 1.165) is 35.9 Å². The van der Waals surface area contributed by atoms with Crippen molar-refractivity contribution in [1.82, 2.24) is 14.9 Å². The average molecular weight is 590 g/mol. The van der Waals surface area contributed by atoms with E-state index in [9.17, 15) is 27.1 Å². The van der Waals surface area contributed by atoms with E-state index in [-0.39, 0.29) is 29.0 Å². The summed E-state index contributed by atoms with van der Waals surface area (Å²) >= 11 is 1.54. The fourth-order valence-electron chi connectivity index (χ4n) is 4.50. The van der Waals surface area contributed by atoms with Gasteiger partial charge in [0.25, 0.3) is 5.91 Å². The summed E-state index contributed by atoms with van der Waals surface area (Å²) in [6.07, 6.45) is -0.205. The molecule has 3 aromatic carbocycles. The van der Waals surface area contributed by atoms with E-state index >= 15 is 0 Å². The van der Waals surface area contributed by atoms with Gasteiger partial charge < -0.3 is 15.7 Å². The summed E-state index contributed by atoms with van der Waals surface area (Å²) in [5, 5.41) is 17.0. The summed E-state index contributed by atoms with van der Waals surface area (Å²) in [7, 11) is -3.64. The van der Waals surface area contributed by atoms with Gasteiger partial charge in [-0.1, -0.05) is 31.2 Å². The Morgan fingerprint density at radius 1 is 1.02 bits per heavy atom. The van der Waals surface area contributed by atoms with Gasteiger partial charge in [0.05, 0.1) is 22.9 Å². The number of sulfonamides is 1. The molecule has 2 atom stereocenters. The molecule has 4 rings (SSSR count). The highest BCUT2D eigenvalue weighted by Crippen LogP contribution is 2.23. The minimum Gasteiger partial charge on any atom is -0.390 e. The van der Waals surface area contributed by atoms with Crippen molar-refractivity contribution in [2.75, 3.05) is 24.7 Å². The number of carbonyl (C=O) groups excluding carboxylic acids is 1. The molecular weight excluding hydrogens is 556 g/mol. The van der Waals surface area contributed by atoms with Crippen molar-refractivity contribution in [3.05, 3.63) is 101 Å². The van der Waals surface area contributed by atoms with E-state index in [1.807, 2.05) is 18.2 Å². The maximum absolute atomic E-state index is 13.8. The van der Waals surface area contributed by atoms with Gasteiger partial charge in [-0.05, 0) is 65.9 Å². The van der Waals surface area contributed by atoms with Crippen molar-refractivity contribution in [1.29, 1.82) is 0 Å². The molecule has 11 heteroatoms. The molecule has 214 valence electrons. The van der Waals surface area contributed by atoms with Crippen LogP contribution in [0.25, 0.3) is 0 Å². The monoisotopic (exact) mass is 589 g/mol. The Kier molecular flexibility index (Phi) is 10.3. The summed E-state index contributed by atoms with van der Waals surface area (Å²) in [5.74, 6) is -0.924. The SMILES string of the molecule is CCc1cccc(CNC[C@@H](O)[C@H](Cc2cc(F)cc(F)c2)NC(=O)c2ccc(S(=O)(=O)N3CCSC3)cc2)c1. The Morgan fingerprint density at radius 3 is 2.38 bits per heavy atom. The number of nitrogens with one attached hydrogen (secondary N) is 2. The number of rotatable bonds is 12. The molecule has 1 aliphatic rings. The second-order valence-corrected chi connectivity index (χ2v) is 12.7. The summed E-state index contributed by atoms with van der Waals surface area (Å²) in [6.45, 7) is 3.11. The zero-order valence-electron chi connectivity index (χ0n) is 22.1. The maximum Gasteiger partial charge on any atom is 0.251 e. The Labute approximate surface area is 238 Å². The van der Waals surface area contributed by atoms with Crippen LogP contribution in [0.1, 0.15) is 34.0 Å². The Balaban J connectivity index is 1.46. The molecule has 3 N–H and O–H groups in total. The van der Waals surface area contributed by atoms with Gasteiger partial charge in [-0.3, -0.25) is 4.79 Å². The Morgan fingerprint density at radius 2 is 1.73 bits per heavy atom. The number of halogens is 2. The third kappa shape index (κ3) is 7.88. The molecule has 0 spiro atoms. The van der Waals surface area contributed by atoms with Crippen LogP contribution in [0.3, 0.4) is 0 Å². The van der Waals surface area contributed by atoms with Crippen molar-refractivity contribution in [3.63, 3.8) is 0 Å². The molecule has 7 nitrogen and oxygen atoms in total. The summed E-state index contributed by atoms with van der Waals surface area (Å²) in [5.41, 5.74) is 2.71. The van der Waals surface area contributed by atoms with Gasteiger partial charge in [-0.2, -0.15) is 4.31 Å². The van der Waals surface area contributed by atoms with Crippen LogP contribution in [0.5, 0.6) is 0 Å². The average Bonchev–Trinajstić information content (AvgIpc) is 3.48. The second-order valence-electron chi connectivity index (χ2n) is 9.68. The third-order valence-corrected chi connectivity index (χ3v) is 9.70. The molecular formula is C29H33F2N3O4S2. The number of hydrogen-bond acceptors (Lipinski definition) is 6. The van der Waals surface area contributed by atoms with Crippen molar-refractivity contribution >= 4 is 27.7 Å². The van der Waals surface area contributed by atoms with Crippen LogP contribution in [0.2, 0.25) is 0 Å². The molecule has 0 unspecified atom stereocenters. The lowest BCUT2D eigenvalue weighted by atomic mass is 10.00. The molecule has 0 saturated carbocycles. The van der Waals surface area contributed by atoms with Gasteiger partial charge in [0.1, 0.15) is 11.6 Å². The number of thioether (sulfide) groups is 1. The fourth-order valence-corrected chi connectivity index (χ4v) is 7.31. The van der Waals surface area contributed by atoms with Gasteiger partial charge in [0, 0.05) is 37.0 Å². The van der Waals surface area contributed by atoms with Crippen LogP contribution in [0.4, 0.5) is 8.78 Å². The predicted molar refractivity (Wildman–Crippen MR) is 153 cm³/mol. The Bertz CT molecular complexity index is 1390. The highest BCUT2D eigenvalue weighted by Gasteiger charge is 2.28. The van der Waals surface area contributed by atoms with Crippen LogP contribution in [-0.4, -0.2) is 60.6 Å². The first kappa shape index (κ1) is 30.1. The highest BCUT2D eigenvalue weighted by atomic mass is 32.2. The van der Waals surface area contributed by atoms with Crippen LogP contribution in [0, 0.1) is 11.6 Å². The lowest BCUT2D eigenvalue weighted by molar-refractivity contribution is 0.0829. The Hall–Kier alpha value is -2.83. The number of benzene rings is 3. The van der Waals surface area contributed by atoms with Gasteiger partial charge in [0.2, 0.25) is 10.0 Å². The summed E-state index contributed by atoms with van der Waals surface area (Å²) < 4.78 is 54.7. The lowest BCUT2D eigenvalue weighted by Crippen LogP contribution is -2.48. The quantitative estimate of drug-likeness (QED) is 0.298. The standard InChI is InChI=1S/C29H33F2N3O4S2/c1-2-20-4-3-5-21(12-20)17-32-18-28(35)27(15-22-13-24(30)16-25(31)14-22)33-29(36)23-6-8-26(9-7-23)40(37,38)34-10-11-39-19-34/h3-9,12-14,16,27-28,32,35H,2,10-11,15,17-19H2,1H3,(H,33,36)/t27-,28+/m0/s1. The number of aryl methyl sites for hydroxylation is 1. The molecule has 1 fully saturated rings. The lowest BCUT2D eigenvalue weighted by Gasteiger charge is -2.25. The molecule has 1 heterocycles. The van der Waals surface area contributed by atoms with Crippen LogP contribution >= 0.6 is 11.8 Å². The molecule has 3 aromatic rings. The minimum atomic E-state index is -3.64. The smallest absolute Gasteiger partial charge is 0.251 e. The number of carbonyl (C=O) groups is 1. The predicted octanol–water partition coefficient (Wildman–Crippen LogP) is 3.71. The molecule has 1 saturated heterocycles.